The lowest BCUT2D eigenvalue weighted by molar-refractivity contribution is -0.142. The van der Waals surface area contributed by atoms with Crippen molar-refractivity contribution in [1.82, 2.24) is 0 Å². The maximum atomic E-state index is 14.3. The largest absolute Gasteiger partial charge is 0.451 e. The van der Waals surface area contributed by atoms with Gasteiger partial charge in [-0.3, -0.25) is 0 Å². The lowest BCUT2D eigenvalue weighted by atomic mass is 9.85. The first-order valence-corrected chi connectivity index (χ1v) is 7.75. The summed E-state index contributed by atoms with van der Waals surface area (Å²) >= 11 is 0. The van der Waals surface area contributed by atoms with Gasteiger partial charge in [0.05, 0.1) is 16.7 Å². The Morgan fingerprint density at radius 3 is 1.20 bits per heavy atom. The fraction of sp³-hybridized carbons (Fsp3) is 0.167. The average Bonchev–Trinajstić information content (AvgIpc) is 2.91. The summed E-state index contributed by atoms with van der Waals surface area (Å²) in [6, 6.07) is 0. The molecule has 0 fully saturated rings. The van der Waals surface area contributed by atoms with E-state index < -0.39 is 92.0 Å². The molecule has 0 aromatic heterocycles. The van der Waals surface area contributed by atoms with E-state index in [-0.39, 0.29) is 0 Å². The molecule has 0 radical (unpaired) electrons. The van der Waals surface area contributed by atoms with E-state index in [0.717, 1.165) is 13.8 Å². The predicted octanol–water partition coefficient (Wildman–Crippen LogP) is 5.32. The lowest BCUT2D eigenvalue weighted by Crippen LogP contribution is -2.24. The van der Waals surface area contributed by atoms with Crippen molar-refractivity contribution in [2.75, 3.05) is 0 Å². The fourth-order valence-corrected chi connectivity index (χ4v) is 3.04. The lowest BCUT2D eigenvalue weighted by Gasteiger charge is -2.22. The van der Waals surface area contributed by atoms with E-state index in [1.54, 1.807) is 0 Å². The average molecular weight is 444 g/mol. The van der Waals surface area contributed by atoms with Crippen LogP contribution >= 0.6 is 0 Å². The zero-order chi connectivity index (χ0) is 22.9. The second-order valence-corrected chi connectivity index (χ2v) is 6.54. The van der Waals surface area contributed by atoms with Crippen LogP contribution in [0.2, 0.25) is 0 Å². The second-order valence-electron chi connectivity index (χ2n) is 6.54. The highest BCUT2D eigenvalue weighted by atomic mass is 19.2. The number of hydrogen-bond acceptors (Lipinski definition) is 2. The Bertz CT molecular complexity index is 1110. The zero-order valence-electron chi connectivity index (χ0n) is 14.6. The minimum atomic E-state index is -2.60. The summed E-state index contributed by atoms with van der Waals surface area (Å²) in [4.78, 5) is 12.2. The van der Waals surface area contributed by atoms with Gasteiger partial charge in [0, 0.05) is 5.57 Å². The Labute approximate surface area is 160 Å². The monoisotopic (exact) mass is 444 g/mol. The number of benzene rings is 2. The smallest absolute Gasteiger partial charge is 0.340 e. The fourth-order valence-electron chi connectivity index (χ4n) is 3.04. The molecule has 0 N–H and O–H groups in total. The van der Waals surface area contributed by atoms with Crippen molar-refractivity contribution in [2.45, 2.75) is 19.4 Å². The Hall–Kier alpha value is -3.05. The van der Waals surface area contributed by atoms with Crippen molar-refractivity contribution in [2.24, 2.45) is 0 Å². The van der Waals surface area contributed by atoms with Gasteiger partial charge >= 0.3 is 5.97 Å². The molecule has 2 nitrogen and oxygen atoms in total. The molecule has 0 bridgehead atoms. The number of rotatable bonds is 2. The van der Waals surface area contributed by atoms with E-state index in [2.05, 4.69) is 4.74 Å². The quantitative estimate of drug-likeness (QED) is 0.271. The Balaban J connectivity index is 2.58. The van der Waals surface area contributed by atoms with Crippen LogP contribution in [0.4, 0.5) is 43.9 Å². The summed E-state index contributed by atoms with van der Waals surface area (Å²) in [7, 11) is 0. The van der Waals surface area contributed by atoms with Gasteiger partial charge in [-0.15, -0.1) is 0 Å². The third kappa shape index (κ3) is 2.76. The first kappa shape index (κ1) is 21.7. The molecule has 30 heavy (non-hydrogen) atoms. The van der Waals surface area contributed by atoms with Crippen molar-refractivity contribution >= 4 is 17.1 Å². The molecule has 0 unspecified atom stereocenters. The summed E-state index contributed by atoms with van der Waals surface area (Å²) in [5.41, 5.74) is -8.94. The Morgan fingerprint density at radius 2 is 0.833 bits per heavy atom. The number of hydrogen-bond donors (Lipinski definition) is 0. The van der Waals surface area contributed by atoms with Gasteiger partial charge in [0.25, 0.3) is 0 Å². The maximum Gasteiger partial charge on any atom is 0.340 e. The molecule has 3 rings (SSSR count). The maximum absolute atomic E-state index is 14.3. The topological polar surface area (TPSA) is 26.3 Å². The van der Waals surface area contributed by atoms with Crippen LogP contribution in [0, 0.1) is 58.2 Å². The first-order valence-electron chi connectivity index (χ1n) is 7.75. The Morgan fingerprint density at radius 1 is 0.533 bits per heavy atom. The van der Waals surface area contributed by atoms with Crippen LogP contribution in [-0.2, 0) is 9.53 Å². The molecule has 1 aliphatic rings. The van der Waals surface area contributed by atoms with E-state index in [9.17, 15) is 48.7 Å². The summed E-state index contributed by atoms with van der Waals surface area (Å²) in [6.45, 7) is 1.69. The number of cyclic esters (lactones) is 1. The highest BCUT2D eigenvalue weighted by Crippen LogP contribution is 2.47. The second kappa shape index (κ2) is 6.74. The van der Waals surface area contributed by atoms with Crippen molar-refractivity contribution < 1.29 is 53.4 Å². The van der Waals surface area contributed by atoms with Crippen LogP contribution in [0.1, 0.15) is 25.0 Å². The molecule has 0 spiro atoms. The molecule has 1 heterocycles. The molecule has 2 aromatic carbocycles. The van der Waals surface area contributed by atoms with Gasteiger partial charge < -0.3 is 4.74 Å². The number of esters is 1. The summed E-state index contributed by atoms with van der Waals surface area (Å²) in [5, 5.41) is 0. The minimum Gasteiger partial charge on any atom is -0.451 e. The highest BCUT2D eigenvalue weighted by molar-refractivity contribution is 6.28. The van der Waals surface area contributed by atoms with Gasteiger partial charge in [0.1, 0.15) is 5.60 Å². The van der Waals surface area contributed by atoms with E-state index >= 15 is 0 Å². The molecule has 160 valence electrons. The predicted molar refractivity (Wildman–Crippen MR) is 79.4 cm³/mol. The summed E-state index contributed by atoms with van der Waals surface area (Å²) in [6.07, 6.45) is 0. The van der Waals surface area contributed by atoms with E-state index in [4.69, 9.17) is 0 Å². The molecular weight excluding hydrogens is 438 g/mol. The minimum absolute atomic E-state index is 0.845. The molecule has 2 aromatic rings. The molecule has 12 heteroatoms. The van der Waals surface area contributed by atoms with Crippen molar-refractivity contribution in [3.63, 3.8) is 0 Å². The molecule has 0 saturated heterocycles. The number of ether oxygens (including phenoxy) is 1. The SMILES string of the molecule is CC1(C)OC(=O)C(c2c(F)c(F)c(F)c(F)c2F)=C1c1c(F)c(F)c(F)c(F)c1F. The van der Waals surface area contributed by atoms with E-state index in [1.807, 2.05) is 0 Å². The van der Waals surface area contributed by atoms with Gasteiger partial charge in [0.15, 0.2) is 46.5 Å². The summed E-state index contributed by atoms with van der Waals surface area (Å²) in [5.74, 6) is -27.1. The third-order valence-corrected chi connectivity index (χ3v) is 4.32. The van der Waals surface area contributed by atoms with E-state index in [0.29, 0.717) is 0 Å². The normalized spacial score (nSPS) is 15.8. The molecule has 1 aliphatic heterocycles. The zero-order valence-corrected chi connectivity index (χ0v) is 14.6. The van der Waals surface area contributed by atoms with Gasteiger partial charge in [-0.2, -0.15) is 0 Å². The van der Waals surface area contributed by atoms with Crippen molar-refractivity contribution in [3.05, 3.63) is 69.3 Å². The first-order chi connectivity index (χ1) is 13.7. The van der Waals surface area contributed by atoms with Gasteiger partial charge in [-0.05, 0) is 13.8 Å². The number of halogens is 10. The molecule has 0 amide bonds. The van der Waals surface area contributed by atoms with E-state index in [1.165, 1.54) is 0 Å². The third-order valence-electron chi connectivity index (χ3n) is 4.32. The van der Waals surface area contributed by atoms with Crippen LogP contribution in [0.3, 0.4) is 0 Å². The van der Waals surface area contributed by atoms with Crippen molar-refractivity contribution in [3.8, 4) is 0 Å². The standard InChI is InChI=1S/C18H6F10O2/c1-18(2)6(5-9(21)13(25)16(28)14(26)10(5)22)3(17(29)30-18)4-7(19)11(23)15(27)12(24)8(4)20/h1-2H3. The van der Waals surface area contributed by atoms with Crippen LogP contribution in [0.25, 0.3) is 11.1 Å². The summed E-state index contributed by atoms with van der Waals surface area (Å²) < 4.78 is 143. The molecule has 0 aliphatic carbocycles. The van der Waals surface area contributed by atoms with Gasteiger partial charge in [0.2, 0.25) is 11.6 Å². The molecule has 0 saturated carbocycles. The van der Waals surface area contributed by atoms with Gasteiger partial charge in [-0.1, -0.05) is 0 Å². The number of carbonyl (C=O) groups excluding carboxylic acids is 1. The van der Waals surface area contributed by atoms with Gasteiger partial charge in [-0.25, -0.2) is 48.7 Å². The molecular formula is C18H6F10O2. The van der Waals surface area contributed by atoms with Crippen LogP contribution in [0.15, 0.2) is 0 Å². The van der Waals surface area contributed by atoms with Crippen LogP contribution in [0.5, 0.6) is 0 Å². The number of carbonyl (C=O) groups is 1. The Kier molecular flexibility index (Phi) is 4.87. The van der Waals surface area contributed by atoms with Crippen LogP contribution in [-0.4, -0.2) is 11.6 Å². The van der Waals surface area contributed by atoms with Crippen LogP contribution < -0.4 is 0 Å². The molecule has 0 atom stereocenters. The highest BCUT2D eigenvalue weighted by Gasteiger charge is 2.48. The van der Waals surface area contributed by atoms with Crippen molar-refractivity contribution in [1.29, 1.82) is 0 Å².